The second-order valence-electron chi connectivity index (χ2n) is 21.7. The van der Waals surface area contributed by atoms with Crippen LogP contribution in [0.3, 0.4) is 0 Å². The second kappa shape index (κ2) is 14.8. The molecular formula is C46H70N5O7+. The molecule has 0 aromatic carbocycles. The summed E-state index contributed by atoms with van der Waals surface area (Å²) in [5.74, 6) is 3.02. The highest BCUT2D eigenvalue weighted by Gasteiger charge is 2.65. The van der Waals surface area contributed by atoms with Gasteiger partial charge in [-0.25, -0.2) is 0 Å². The number of rotatable bonds is 10. The molecule has 0 amide bonds. The van der Waals surface area contributed by atoms with Gasteiger partial charge in [-0.05, 0) is 149 Å². The number of nitrogens with zero attached hydrogens (tertiary/aromatic N) is 1. The normalized spacial score (nSPS) is 49.3. The fourth-order valence-electron chi connectivity index (χ4n) is 15.7. The highest BCUT2D eigenvalue weighted by molar-refractivity contribution is 5.87. The summed E-state index contributed by atoms with van der Waals surface area (Å²) in [7, 11) is 0. The molecule has 0 aromatic rings. The lowest BCUT2D eigenvalue weighted by atomic mass is 9.45. The number of carbonyl (C=O) groups is 2. The number of Topliss-reactive ketones (excluding diaryl/α,β-unsaturated/α-hetero) is 2. The summed E-state index contributed by atoms with van der Waals surface area (Å²) >= 11 is 0. The van der Waals surface area contributed by atoms with Crippen LogP contribution in [0.5, 0.6) is 0 Å². The summed E-state index contributed by atoms with van der Waals surface area (Å²) in [6.07, 6.45) is 18.5. The van der Waals surface area contributed by atoms with Gasteiger partial charge < -0.3 is 10.6 Å². The summed E-state index contributed by atoms with van der Waals surface area (Å²) in [6, 6.07) is 0. The highest BCUT2D eigenvalue weighted by Crippen LogP contribution is 2.67. The molecule has 12 nitrogen and oxygen atoms in total. The Morgan fingerprint density at radius 1 is 0.603 bits per heavy atom. The Labute approximate surface area is 344 Å². The molecule has 6 unspecified atom stereocenters. The van der Waals surface area contributed by atoms with Crippen molar-refractivity contribution in [3.8, 4) is 0 Å². The molecule has 320 valence electrons. The van der Waals surface area contributed by atoms with E-state index in [2.05, 4.69) is 61.4 Å². The highest BCUT2D eigenvalue weighted by atomic mass is 17.0. The first-order valence-electron chi connectivity index (χ1n) is 23.4. The first kappa shape index (κ1) is 39.6. The molecule has 0 radical (unpaired) electrons. The Balaban J connectivity index is 0.931. The molecule has 2 saturated heterocycles. The van der Waals surface area contributed by atoms with Crippen LogP contribution in [0.1, 0.15) is 130 Å². The minimum Gasteiger partial charge on any atom is -0.314 e. The van der Waals surface area contributed by atoms with Crippen molar-refractivity contribution in [2.75, 3.05) is 26.2 Å². The second-order valence-corrected chi connectivity index (χ2v) is 21.7. The van der Waals surface area contributed by atoms with Gasteiger partial charge in [0.25, 0.3) is 0 Å². The number of fused-ring (bicyclic) bond motifs is 10. The monoisotopic (exact) mass is 805 g/mol. The van der Waals surface area contributed by atoms with E-state index < -0.39 is 12.2 Å². The molecule has 4 N–H and O–H groups in total. The fraction of sp³-hybridized carbons (Fsp3) is 0.870. The molecule has 0 aromatic heterocycles. The molecular weight excluding hydrogens is 735 g/mol. The maximum atomic E-state index is 14.5. The zero-order chi connectivity index (χ0) is 40.0. The van der Waals surface area contributed by atoms with Crippen molar-refractivity contribution in [2.45, 2.75) is 155 Å². The predicted molar refractivity (Wildman–Crippen MR) is 216 cm³/mol. The fourth-order valence-corrected chi connectivity index (χ4v) is 15.7. The van der Waals surface area contributed by atoms with E-state index in [0.29, 0.717) is 65.0 Å². The lowest BCUT2D eigenvalue weighted by Gasteiger charge is -2.59. The molecule has 16 atom stereocenters. The van der Waals surface area contributed by atoms with E-state index in [-0.39, 0.29) is 45.7 Å². The standard InChI is InChI=1S/C46H70N5O7/c1-43-15-9-27(49-55-29-13-19-47-25-29)21-37(43)39(23-31-33-5-7-41(52)45(33,3)17-11-35(31)43)57-51(54)58-40-24-32-34-6-8-42(53)46(34,4)18-12-36(32)44(2)16-10-28(22-38(40)44)50-56-30-14-20-48-26-30/h21-22,29-40,47-50H,5-20,23-26H2,1-4H3/q+1/t29?,30?,31-,32-,33-,34-,35+,36+,37?,38?,39?,40?,43+,44+,45-,46-/m0/s1. The van der Waals surface area contributed by atoms with Gasteiger partial charge in [-0.15, -0.1) is 0 Å². The average molecular weight is 805 g/mol. The molecule has 8 fully saturated rings. The van der Waals surface area contributed by atoms with E-state index in [4.69, 9.17) is 19.4 Å². The SMILES string of the molecule is C[C@]12CCC(NOC3CCNC3)=CC1C(O[N+](=O)OC1C[C@@H]3[C@@H](CC[C@]4(C)C(=O)CC[C@@H]34)[C@@]3(C)CCC(NOC4CCNC4)=CC13)C[C@@H]1[C@H]2CC[C@]2(C)C(=O)CC[C@@H]12. The summed E-state index contributed by atoms with van der Waals surface area (Å²) in [5, 5.41) is 7.28. The molecule has 12 heteroatoms. The Bertz CT molecular complexity index is 1590. The van der Waals surface area contributed by atoms with Gasteiger partial charge in [0, 0.05) is 60.0 Å². The van der Waals surface area contributed by atoms with E-state index >= 15 is 0 Å². The van der Waals surface area contributed by atoms with Crippen LogP contribution in [0.15, 0.2) is 23.5 Å². The molecule has 8 aliphatic carbocycles. The van der Waals surface area contributed by atoms with E-state index in [1.165, 1.54) is 0 Å². The van der Waals surface area contributed by atoms with Crippen molar-refractivity contribution < 1.29 is 34.0 Å². The van der Waals surface area contributed by atoms with Gasteiger partial charge in [0.1, 0.15) is 16.5 Å². The van der Waals surface area contributed by atoms with Crippen LogP contribution in [0.25, 0.3) is 0 Å². The summed E-state index contributed by atoms with van der Waals surface area (Å²) in [5.41, 5.74) is 8.10. The smallest absolute Gasteiger partial charge is 0.314 e. The van der Waals surface area contributed by atoms with E-state index in [9.17, 15) is 14.5 Å². The number of carbonyl (C=O) groups excluding carboxylic acids is 2. The zero-order valence-electron chi connectivity index (χ0n) is 35.5. The van der Waals surface area contributed by atoms with Crippen LogP contribution in [0.4, 0.5) is 0 Å². The van der Waals surface area contributed by atoms with E-state index in [0.717, 1.165) is 127 Å². The Kier molecular flexibility index (Phi) is 10.1. The molecule has 10 aliphatic rings. The van der Waals surface area contributed by atoms with Gasteiger partial charge in [0.2, 0.25) is 0 Å². The maximum absolute atomic E-state index is 14.5. The van der Waals surface area contributed by atoms with Crippen LogP contribution >= 0.6 is 0 Å². The third-order valence-corrected chi connectivity index (χ3v) is 19.1. The van der Waals surface area contributed by atoms with Crippen molar-refractivity contribution in [3.05, 3.63) is 28.5 Å². The van der Waals surface area contributed by atoms with Gasteiger partial charge in [-0.2, -0.15) is 9.68 Å². The minimum absolute atomic E-state index is 0.00558. The molecule has 6 saturated carbocycles. The molecule has 2 heterocycles. The van der Waals surface area contributed by atoms with Gasteiger partial charge >= 0.3 is 5.09 Å². The number of hydrogen-bond acceptors (Lipinski definition) is 11. The number of hydrogen-bond donors (Lipinski definition) is 4. The number of nitrogens with one attached hydrogen (secondary N) is 4. The minimum atomic E-state index is -0.396. The maximum Gasteiger partial charge on any atom is 0.478 e. The Morgan fingerprint density at radius 3 is 1.47 bits per heavy atom. The van der Waals surface area contributed by atoms with Crippen molar-refractivity contribution in [1.82, 2.24) is 21.6 Å². The zero-order valence-corrected chi connectivity index (χ0v) is 35.5. The van der Waals surface area contributed by atoms with Crippen molar-refractivity contribution in [1.29, 1.82) is 0 Å². The summed E-state index contributed by atoms with van der Waals surface area (Å²) < 4.78 is 0. The predicted octanol–water partition coefficient (Wildman–Crippen LogP) is 6.56. The topological polar surface area (TPSA) is 139 Å². The average Bonchev–Trinajstić information content (AvgIpc) is 4.03. The van der Waals surface area contributed by atoms with Gasteiger partial charge in [0.15, 0.2) is 12.2 Å². The summed E-state index contributed by atoms with van der Waals surface area (Å²) in [6.45, 7) is 12.9. The van der Waals surface area contributed by atoms with E-state index in [1.54, 1.807) is 0 Å². The first-order chi connectivity index (χ1) is 27.9. The van der Waals surface area contributed by atoms with Crippen LogP contribution in [0.2, 0.25) is 0 Å². The number of allylic oxidation sites excluding steroid dienone is 2. The molecule has 0 spiro atoms. The first-order valence-corrected chi connectivity index (χ1v) is 23.4. The van der Waals surface area contributed by atoms with Gasteiger partial charge in [-0.1, -0.05) is 39.8 Å². The van der Waals surface area contributed by atoms with Crippen LogP contribution in [-0.2, 0) is 28.9 Å². The Morgan fingerprint density at radius 2 is 1.05 bits per heavy atom. The quantitative estimate of drug-likeness (QED) is 0.179. The lowest BCUT2D eigenvalue weighted by Crippen LogP contribution is -2.58. The van der Waals surface area contributed by atoms with Gasteiger partial charge in [0.05, 0.1) is 12.2 Å². The molecule has 58 heavy (non-hydrogen) atoms. The molecule has 2 aliphatic heterocycles. The molecule has 0 bridgehead atoms. The third-order valence-electron chi connectivity index (χ3n) is 19.1. The Hall–Kier alpha value is -2.54. The van der Waals surface area contributed by atoms with Crippen LogP contribution < -0.4 is 21.6 Å². The third kappa shape index (κ3) is 6.41. The van der Waals surface area contributed by atoms with E-state index in [1.807, 2.05) is 0 Å². The molecule has 10 rings (SSSR count). The van der Waals surface area contributed by atoms with Crippen LogP contribution in [-0.4, -0.2) is 67.2 Å². The number of hydroxylamine groups is 2. The summed E-state index contributed by atoms with van der Waals surface area (Å²) in [4.78, 5) is 66.9. The van der Waals surface area contributed by atoms with Crippen molar-refractivity contribution >= 4 is 11.6 Å². The largest absolute Gasteiger partial charge is 0.478 e. The van der Waals surface area contributed by atoms with Crippen molar-refractivity contribution in [3.63, 3.8) is 0 Å². The lowest BCUT2D eigenvalue weighted by molar-refractivity contribution is -0.995. The van der Waals surface area contributed by atoms with Crippen molar-refractivity contribution in [2.24, 2.45) is 69.0 Å². The van der Waals surface area contributed by atoms with Gasteiger partial charge in [-0.3, -0.25) is 30.2 Å². The number of ketones is 2. The van der Waals surface area contributed by atoms with Crippen LogP contribution in [0, 0.1) is 73.9 Å².